The molecule has 0 aliphatic rings. The molecule has 3 rings (SSSR count). The molecule has 3 aromatic carbocycles. The third kappa shape index (κ3) is 5.44. The SMILES string of the molecule is O=C(NO)C(c1ccccc1)c1ccc(NS(=O)(=O)Cc2ccccc2[N+](=O)[O-])cc1. The second kappa shape index (κ2) is 9.37. The minimum absolute atomic E-state index is 0.0698. The Hall–Kier alpha value is -3.76. The van der Waals surface area contributed by atoms with Crippen LogP contribution in [-0.2, 0) is 20.6 Å². The van der Waals surface area contributed by atoms with E-state index < -0.39 is 32.5 Å². The van der Waals surface area contributed by atoms with Crippen molar-refractivity contribution in [2.24, 2.45) is 0 Å². The largest absolute Gasteiger partial charge is 0.289 e. The van der Waals surface area contributed by atoms with E-state index in [0.29, 0.717) is 11.1 Å². The van der Waals surface area contributed by atoms with Crippen molar-refractivity contribution in [2.75, 3.05) is 4.72 Å². The molecule has 1 unspecified atom stereocenters. The number of hydrogen-bond donors (Lipinski definition) is 3. The number of nitrogens with one attached hydrogen (secondary N) is 2. The van der Waals surface area contributed by atoms with Gasteiger partial charge in [-0.2, -0.15) is 0 Å². The van der Waals surface area contributed by atoms with Gasteiger partial charge in [0, 0.05) is 17.3 Å². The fourth-order valence-corrected chi connectivity index (χ4v) is 4.40. The van der Waals surface area contributed by atoms with Crippen LogP contribution in [0.2, 0.25) is 0 Å². The molecule has 0 aromatic heterocycles. The number of nitrogens with zero attached hydrogens (tertiary/aromatic N) is 1. The van der Waals surface area contributed by atoms with E-state index in [1.54, 1.807) is 47.9 Å². The number of hydroxylamine groups is 1. The number of anilines is 1. The summed E-state index contributed by atoms with van der Waals surface area (Å²) in [5, 5.41) is 20.2. The van der Waals surface area contributed by atoms with Gasteiger partial charge in [0.15, 0.2) is 0 Å². The fourth-order valence-electron chi connectivity index (χ4n) is 3.18. The van der Waals surface area contributed by atoms with Crippen LogP contribution in [0, 0.1) is 10.1 Å². The number of sulfonamides is 1. The Morgan fingerprint density at radius 2 is 1.52 bits per heavy atom. The number of rotatable bonds is 8. The zero-order valence-electron chi connectivity index (χ0n) is 16.1. The molecule has 0 heterocycles. The molecular weight excluding hydrogens is 422 g/mol. The fraction of sp³-hybridized carbons (Fsp3) is 0.0952. The molecule has 0 saturated carbocycles. The minimum atomic E-state index is -3.92. The molecular formula is C21H19N3O6S. The molecule has 3 N–H and O–H groups in total. The van der Waals surface area contributed by atoms with E-state index in [1.165, 1.54) is 36.4 Å². The van der Waals surface area contributed by atoms with Gasteiger partial charge in [-0.15, -0.1) is 0 Å². The molecule has 0 spiro atoms. The summed E-state index contributed by atoms with van der Waals surface area (Å²) >= 11 is 0. The summed E-state index contributed by atoms with van der Waals surface area (Å²) in [6, 6.07) is 20.5. The van der Waals surface area contributed by atoms with Crippen molar-refractivity contribution in [1.82, 2.24) is 5.48 Å². The van der Waals surface area contributed by atoms with Crippen molar-refractivity contribution >= 4 is 27.3 Å². The Kier molecular flexibility index (Phi) is 6.63. The van der Waals surface area contributed by atoms with Gasteiger partial charge in [0.1, 0.15) is 5.75 Å². The lowest BCUT2D eigenvalue weighted by Gasteiger charge is -2.16. The highest BCUT2D eigenvalue weighted by Gasteiger charge is 2.23. The standard InChI is InChI=1S/C21H19N3O6S/c25-21(22-26)20(15-6-2-1-3-7-15)16-10-12-18(13-11-16)23-31(29,30)14-17-8-4-5-9-19(17)24(27)28/h1-13,20,23,26H,14H2,(H,22,25). The molecule has 1 amide bonds. The summed E-state index contributed by atoms with van der Waals surface area (Å²) in [4.78, 5) is 22.7. The third-order valence-corrected chi connectivity index (χ3v) is 5.79. The first-order valence-corrected chi connectivity index (χ1v) is 10.8. The first kappa shape index (κ1) is 21.9. The van der Waals surface area contributed by atoms with Gasteiger partial charge in [0.25, 0.3) is 11.6 Å². The topological polar surface area (TPSA) is 139 Å². The molecule has 9 nitrogen and oxygen atoms in total. The van der Waals surface area contributed by atoms with Gasteiger partial charge in [-0.3, -0.25) is 24.8 Å². The number of hydrogen-bond acceptors (Lipinski definition) is 6. The molecule has 3 aromatic rings. The van der Waals surface area contributed by atoms with E-state index in [-0.39, 0.29) is 16.9 Å². The molecule has 0 bridgehead atoms. The highest BCUT2D eigenvalue weighted by molar-refractivity contribution is 7.91. The number of nitro benzene ring substituents is 1. The van der Waals surface area contributed by atoms with Crippen LogP contribution in [0.25, 0.3) is 0 Å². The lowest BCUT2D eigenvalue weighted by atomic mass is 9.90. The maximum Gasteiger partial charge on any atom is 0.273 e. The minimum Gasteiger partial charge on any atom is -0.289 e. The van der Waals surface area contributed by atoms with Crippen molar-refractivity contribution in [2.45, 2.75) is 11.7 Å². The van der Waals surface area contributed by atoms with E-state index in [2.05, 4.69) is 4.72 Å². The second-order valence-corrected chi connectivity index (χ2v) is 8.41. The van der Waals surface area contributed by atoms with E-state index >= 15 is 0 Å². The van der Waals surface area contributed by atoms with Gasteiger partial charge in [-0.25, -0.2) is 13.9 Å². The van der Waals surface area contributed by atoms with Crippen LogP contribution in [-0.4, -0.2) is 24.5 Å². The smallest absolute Gasteiger partial charge is 0.273 e. The third-order valence-electron chi connectivity index (χ3n) is 4.56. The number of amides is 1. The van der Waals surface area contributed by atoms with Crippen molar-refractivity contribution in [3.05, 3.63) is 106 Å². The number of benzene rings is 3. The predicted octanol–water partition coefficient (Wildman–Crippen LogP) is 3.17. The second-order valence-electron chi connectivity index (χ2n) is 6.69. The summed E-state index contributed by atoms with van der Waals surface area (Å²) < 4.78 is 27.4. The van der Waals surface area contributed by atoms with Crippen LogP contribution >= 0.6 is 0 Å². The van der Waals surface area contributed by atoms with Gasteiger partial charge in [0.2, 0.25) is 10.0 Å². The molecule has 0 radical (unpaired) electrons. The number of carbonyl (C=O) groups excluding carboxylic acids is 1. The summed E-state index contributed by atoms with van der Waals surface area (Å²) in [5.74, 6) is -1.98. The monoisotopic (exact) mass is 441 g/mol. The predicted molar refractivity (Wildman–Crippen MR) is 114 cm³/mol. The molecule has 0 aliphatic heterocycles. The van der Waals surface area contributed by atoms with E-state index in [9.17, 15) is 23.3 Å². The van der Waals surface area contributed by atoms with Crippen molar-refractivity contribution in [3.8, 4) is 0 Å². The normalized spacial score (nSPS) is 12.0. The van der Waals surface area contributed by atoms with Gasteiger partial charge in [-0.1, -0.05) is 60.7 Å². The van der Waals surface area contributed by atoms with E-state index in [0.717, 1.165) is 0 Å². The molecule has 0 saturated heterocycles. The number of para-hydroxylation sites is 1. The van der Waals surface area contributed by atoms with Crippen LogP contribution in [0.5, 0.6) is 0 Å². The zero-order valence-corrected chi connectivity index (χ0v) is 17.0. The Bertz CT molecular complexity index is 1180. The van der Waals surface area contributed by atoms with Crippen LogP contribution in [0.4, 0.5) is 11.4 Å². The summed E-state index contributed by atoms with van der Waals surface area (Å²) in [6.07, 6.45) is 0. The average molecular weight is 441 g/mol. The maximum atomic E-state index is 12.5. The lowest BCUT2D eigenvalue weighted by molar-refractivity contribution is -0.385. The Morgan fingerprint density at radius 3 is 2.13 bits per heavy atom. The molecule has 0 fully saturated rings. The Labute approximate surface area is 178 Å². The van der Waals surface area contributed by atoms with E-state index in [4.69, 9.17) is 5.21 Å². The van der Waals surface area contributed by atoms with Crippen molar-refractivity contribution < 1.29 is 23.3 Å². The van der Waals surface area contributed by atoms with Crippen LogP contribution in [0.1, 0.15) is 22.6 Å². The van der Waals surface area contributed by atoms with Gasteiger partial charge in [0.05, 0.1) is 10.8 Å². The summed E-state index contributed by atoms with van der Waals surface area (Å²) in [6.45, 7) is 0. The van der Waals surface area contributed by atoms with Gasteiger partial charge in [-0.05, 0) is 23.3 Å². The van der Waals surface area contributed by atoms with Gasteiger partial charge >= 0.3 is 0 Å². The van der Waals surface area contributed by atoms with Crippen LogP contribution in [0.3, 0.4) is 0 Å². The molecule has 31 heavy (non-hydrogen) atoms. The quantitative estimate of drug-likeness (QED) is 0.279. The van der Waals surface area contributed by atoms with Gasteiger partial charge < -0.3 is 0 Å². The number of nitro groups is 1. The Morgan fingerprint density at radius 1 is 0.935 bits per heavy atom. The molecule has 10 heteroatoms. The van der Waals surface area contributed by atoms with Crippen LogP contribution in [0.15, 0.2) is 78.9 Å². The molecule has 0 aliphatic carbocycles. The zero-order chi connectivity index (χ0) is 22.4. The number of carbonyl (C=O) groups is 1. The highest BCUT2D eigenvalue weighted by atomic mass is 32.2. The Balaban J connectivity index is 1.81. The first-order valence-electron chi connectivity index (χ1n) is 9.12. The summed E-state index contributed by atoms with van der Waals surface area (Å²) in [5.41, 5.74) is 2.87. The lowest BCUT2D eigenvalue weighted by Crippen LogP contribution is -2.27. The maximum absolute atomic E-state index is 12.5. The molecule has 160 valence electrons. The first-order chi connectivity index (χ1) is 14.8. The van der Waals surface area contributed by atoms with Crippen molar-refractivity contribution in [1.29, 1.82) is 0 Å². The van der Waals surface area contributed by atoms with Crippen LogP contribution < -0.4 is 10.2 Å². The molecule has 1 atom stereocenters. The van der Waals surface area contributed by atoms with E-state index in [1.807, 2.05) is 0 Å². The van der Waals surface area contributed by atoms with Crippen molar-refractivity contribution in [3.63, 3.8) is 0 Å². The summed E-state index contributed by atoms with van der Waals surface area (Å²) in [7, 11) is -3.92. The average Bonchev–Trinajstić information content (AvgIpc) is 2.75. The highest BCUT2D eigenvalue weighted by Crippen LogP contribution is 2.27.